The lowest BCUT2D eigenvalue weighted by atomic mass is 9.94. The van der Waals surface area contributed by atoms with E-state index in [4.69, 9.17) is 21.1 Å². The molecule has 0 aliphatic carbocycles. The molecule has 2 amide bonds. The third-order valence-corrected chi connectivity index (χ3v) is 6.20. The monoisotopic (exact) mass is 470 g/mol. The van der Waals surface area contributed by atoms with Crippen molar-refractivity contribution in [2.24, 2.45) is 0 Å². The Labute approximate surface area is 202 Å². The first-order valence-electron chi connectivity index (χ1n) is 11.0. The van der Waals surface area contributed by atoms with Gasteiger partial charge in [0, 0.05) is 16.3 Å². The van der Waals surface area contributed by atoms with Gasteiger partial charge in [0.15, 0.2) is 0 Å². The highest BCUT2D eigenvalue weighted by atomic mass is 35.5. The molecule has 1 aromatic heterocycles. The first-order valence-corrected chi connectivity index (χ1v) is 11.4. The number of nitrogens with zero attached hydrogens (tertiary/aromatic N) is 3. The van der Waals surface area contributed by atoms with Crippen LogP contribution in [0.5, 0.6) is 0 Å². The van der Waals surface area contributed by atoms with Gasteiger partial charge < -0.3 is 9.84 Å². The summed E-state index contributed by atoms with van der Waals surface area (Å²) in [7, 11) is 0. The zero-order chi connectivity index (χ0) is 23.7. The molecule has 0 fully saturated rings. The van der Waals surface area contributed by atoms with E-state index >= 15 is 0 Å². The van der Waals surface area contributed by atoms with Crippen molar-refractivity contribution in [1.82, 2.24) is 20.4 Å². The third-order valence-electron chi connectivity index (χ3n) is 5.95. The van der Waals surface area contributed by atoms with Crippen molar-refractivity contribution in [3.8, 4) is 11.4 Å². The Morgan fingerprint density at radius 3 is 2.38 bits per heavy atom. The number of carbonyl (C=O) groups is 1. The predicted molar refractivity (Wildman–Crippen MR) is 132 cm³/mol. The molecule has 0 saturated heterocycles. The summed E-state index contributed by atoms with van der Waals surface area (Å²) in [6.07, 6.45) is 0. The zero-order valence-corrected chi connectivity index (χ0v) is 19.6. The number of halogens is 1. The van der Waals surface area contributed by atoms with Crippen LogP contribution in [0.1, 0.15) is 35.5 Å². The van der Waals surface area contributed by atoms with Crippen molar-refractivity contribution in [3.63, 3.8) is 0 Å². The fourth-order valence-electron chi connectivity index (χ4n) is 4.07. The Kier molecular flexibility index (Phi) is 5.90. The second-order valence-corrected chi connectivity index (χ2v) is 8.73. The van der Waals surface area contributed by atoms with Gasteiger partial charge in [0.2, 0.25) is 5.82 Å². The number of benzene rings is 3. The van der Waals surface area contributed by atoms with E-state index in [0.29, 0.717) is 23.3 Å². The van der Waals surface area contributed by atoms with Gasteiger partial charge in [-0.2, -0.15) is 4.98 Å². The minimum Gasteiger partial charge on any atom is -0.334 e. The van der Waals surface area contributed by atoms with Gasteiger partial charge in [0.25, 0.3) is 5.89 Å². The predicted octanol–water partition coefficient (Wildman–Crippen LogP) is 6.40. The summed E-state index contributed by atoms with van der Waals surface area (Å²) in [5.41, 5.74) is 5.43. The smallest absolute Gasteiger partial charge is 0.322 e. The van der Waals surface area contributed by atoms with Crippen LogP contribution in [-0.2, 0) is 6.54 Å². The summed E-state index contributed by atoms with van der Waals surface area (Å²) in [4.78, 5) is 19.6. The van der Waals surface area contributed by atoms with Crippen LogP contribution in [0.3, 0.4) is 0 Å². The summed E-state index contributed by atoms with van der Waals surface area (Å²) in [5, 5.41) is 8.00. The Morgan fingerprint density at radius 1 is 0.971 bits per heavy atom. The van der Waals surface area contributed by atoms with Crippen molar-refractivity contribution >= 4 is 23.2 Å². The lowest BCUT2D eigenvalue weighted by Gasteiger charge is -2.35. The van der Waals surface area contributed by atoms with E-state index < -0.39 is 6.04 Å². The second kappa shape index (κ2) is 9.15. The van der Waals surface area contributed by atoms with Crippen molar-refractivity contribution < 1.29 is 9.32 Å². The van der Waals surface area contributed by atoms with Crippen LogP contribution in [0.15, 0.2) is 89.1 Å². The molecular formula is C27H23ClN4O2. The van der Waals surface area contributed by atoms with E-state index in [1.54, 1.807) is 4.90 Å². The van der Waals surface area contributed by atoms with Crippen LogP contribution in [0.4, 0.5) is 4.79 Å². The molecule has 3 aromatic carbocycles. The Hall–Kier alpha value is -3.90. The molecule has 0 spiro atoms. The van der Waals surface area contributed by atoms with Crippen LogP contribution in [-0.4, -0.2) is 21.1 Å². The molecule has 0 saturated carbocycles. The number of urea groups is 1. The fourth-order valence-corrected chi connectivity index (χ4v) is 4.19. The van der Waals surface area contributed by atoms with E-state index in [2.05, 4.69) is 10.5 Å². The van der Waals surface area contributed by atoms with Crippen molar-refractivity contribution in [2.75, 3.05) is 0 Å². The quantitative estimate of drug-likeness (QED) is 0.366. The number of allylic oxidation sites excluding steroid dienone is 1. The Morgan fingerprint density at radius 2 is 1.68 bits per heavy atom. The van der Waals surface area contributed by atoms with Gasteiger partial charge in [-0.25, -0.2) is 4.79 Å². The van der Waals surface area contributed by atoms with Crippen LogP contribution in [0.2, 0.25) is 5.02 Å². The number of rotatable bonds is 5. The number of hydrogen-bond acceptors (Lipinski definition) is 4. The fraction of sp³-hybridized carbons (Fsp3) is 0.148. The van der Waals surface area contributed by atoms with Gasteiger partial charge in [-0.05, 0) is 37.1 Å². The van der Waals surface area contributed by atoms with Crippen molar-refractivity contribution in [3.05, 3.63) is 112 Å². The lowest BCUT2D eigenvalue weighted by Crippen LogP contribution is -2.45. The molecule has 34 heavy (non-hydrogen) atoms. The summed E-state index contributed by atoms with van der Waals surface area (Å²) < 4.78 is 5.74. The number of carbonyl (C=O) groups excluding carboxylic acids is 1. The van der Waals surface area contributed by atoms with Gasteiger partial charge in [-0.15, -0.1) is 0 Å². The topological polar surface area (TPSA) is 71.3 Å². The molecule has 6 nitrogen and oxygen atoms in total. The summed E-state index contributed by atoms with van der Waals surface area (Å²) in [6, 6.07) is 24.6. The van der Waals surface area contributed by atoms with Crippen LogP contribution < -0.4 is 5.32 Å². The van der Waals surface area contributed by atoms with E-state index in [1.165, 1.54) is 0 Å². The number of hydrogen-bond donors (Lipinski definition) is 1. The van der Waals surface area contributed by atoms with Crippen molar-refractivity contribution in [1.29, 1.82) is 0 Å². The highest BCUT2D eigenvalue weighted by Gasteiger charge is 2.35. The first-order chi connectivity index (χ1) is 16.5. The molecule has 0 bridgehead atoms. The molecule has 1 aliphatic rings. The highest BCUT2D eigenvalue weighted by Crippen LogP contribution is 2.38. The van der Waals surface area contributed by atoms with Crippen LogP contribution in [0.25, 0.3) is 17.0 Å². The number of amides is 2. The van der Waals surface area contributed by atoms with Crippen LogP contribution in [0, 0.1) is 6.92 Å². The normalized spacial score (nSPS) is 16.0. The third kappa shape index (κ3) is 4.32. The number of aromatic nitrogens is 2. The van der Waals surface area contributed by atoms with E-state index in [1.807, 2.05) is 92.7 Å². The van der Waals surface area contributed by atoms with Gasteiger partial charge in [0.05, 0.1) is 18.2 Å². The Bertz CT molecular complexity index is 1350. The average molecular weight is 471 g/mol. The van der Waals surface area contributed by atoms with E-state index in [0.717, 1.165) is 33.5 Å². The summed E-state index contributed by atoms with van der Waals surface area (Å²) in [6.45, 7) is 4.33. The van der Waals surface area contributed by atoms with E-state index in [-0.39, 0.29) is 6.03 Å². The minimum absolute atomic E-state index is 0.190. The molecule has 1 aliphatic heterocycles. The maximum absolute atomic E-state index is 13.2. The molecule has 170 valence electrons. The molecule has 1 unspecified atom stereocenters. The molecule has 0 radical (unpaired) electrons. The number of aryl methyl sites for hydroxylation is 1. The number of nitrogens with one attached hydrogen (secondary N) is 1. The maximum atomic E-state index is 13.2. The van der Waals surface area contributed by atoms with Crippen molar-refractivity contribution in [2.45, 2.75) is 26.4 Å². The molecular weight excluding hydrogens is 448 g/mol. The second-order valence-electron chi connectivity index (χ2n) is 8.29. The van der Waals surface area contributed by atoms with Gasteiger partial charge in [-0.3, -0.25) is 4.90 Å². The minimum atomic E-state index is -0.418. The van der Waals surface area contributed by atoms with Gasteiger partial charge in [0.1, 0.15) is 0 Å². The largest absolute Gasteiger partial charge is 0.334 e. The standard InChI is InChI=1S/C27H23ClN4O2/c1-17-8-12-20(13-9-17)24-23(26-30-25(31-34-26)21-6-4-3-5-7-21)18(2)32(27(33)29-24)16-19-10-14-22(28)15-11-19/h3-15,24H,16H2,1-2H3,(H,29,33). The Balaban J connectivity index is 1.59. The van der Waals surface area contributed by atoms with E-state index in [9.17, 15) is 4.79 Å². The summed E-state index contributed by atoms with van der Waals surface area (Å²) in [5.74, 6) is 0.878. The van der Waals surface area contributed by atoms with Gasteiger partial charge in [-0.1, -0.05) is 89.1 Å². The SMILES string of the molecule is CC1=C(c2nc(-c3ccccc3)no2)C(c2ccc(C)cc2)NC(=O)N1Cc1ccc(Cl)cc1. The van der Waals surface area contributed by atoms with Crippen LogP contribution >= 0.6 is 11.6 Å². The molecule has 2 heterocycles. The molecule has 1 atom stereocenters. The highest BCUT2D eigenvalue weighted by molar-refractivity contribution is 6.30. The molecule has 5 rings (SSSR count). The summed E-state index contributed by atoms with van der Waals surface area (Å²) >= 11 is 6.04. The first kappa shape index (κ1) is 21.9. The molecule has 7 heteroatoms. The van der Waals surface area contributed by atoms with Gasteiger partial charge >= 0.3 is 6.03 Å². The average Bonchev–Trinajstić information content (AvgIpc) is 3.33. The molecule has 4 aromatic rings. The maximum Gasteiger partial charge on any atom is 0.322 e. The zero-order valence-electron chi connectivity index (χ0n) is 18.8. The lowest BCUT2D eigenvalue weighted by molar-refractivity contribution is 0.203. The molecule has 1 N–H and O–H groups in total.